The predicted octanol–water partition coefficient (Wildman–Crippen LogP) is 4.49. The number of rotatable bonds is 5. The number of carbonyl (C=O) groups is 2. The van der Waals surface area contributed by atoms with Gasteiger partial charge in [-0.2, -0.15) is 0 Å². The Balaban J connectivity index is 1.27. The second-order valence-corrected chi connectivity index (χ2v) is 10.2. The zero-order valence-electron chi connectivity index (χ0n) is 21.0. The van der Waals surface area contributed by atoms with Gasteiger partial charge in [-0.3, -0.25) is 19.7 Å². The molecule has 2 aliphatic heterocycles. The summed E-state index contributed by atoms with van der Waals surface area (Å²) in [4.78, 5) is 48.9. The van der Waals surface area contributed by atoms with Crippen LogP contribution in [-0.4, -0.2) is 55.6 Å². The summed E-state index contributed by atoms with van der Waals surface area (Å²) < 4.78 is 0. The highest BCUT2D eigenvalue weighted by Gasteiger charge is 2.48. The number of hydrogen-bond donors (Lipinski definition) is 2. The largest absolute Gasteiger partial charge is 0.361 e. The zero-order valence-corrected chi connectivity index (χ0v) is 21.0. The van der Waals surface area contributed by atoms with Crippen molar-refractivity contribution >= 4 is 39.3 Å². The van der Waals surface area contributed by atoms with Crippen molar-refractivity contribution in [1.29, 1.82) is 0 Å². The molecular formula is C30H25N5O4. The third-order valence-corrected chi connectivity index (χ3v) is 8.07. The number of nitro groups is 1. The maximum atomic E-state index is 14.0. The number of nitrogens with one attached hydrogen (secondary N) is 2. The normalized spacial score (nSPS) is 19.0. The van der Waals surface area contributed by atoms with Crippen LogP contribution >= 0.6 is 0 Å². The molecule has 2 amide bonds. The van der Waals surface area contributed by atoms with Gasteiger partial charge in [-0.1, -0.05) is 48.5 Å². The lowest BCUT2D eigenvalue weighted by Gasteiger charge is -2.47. The highest BCUT2D eigenvalue weighted by molar-refractivity contribution is 5.97. The summed E-state index contributed by atoms with van der Waals surface area (Å²) >= 11 is 0. The second kappa shape index (κ2) is 8.83. The Morgan fingerprint density at radius 1 is 0.949 bits per heavy atom. The van der Waals surface area contributed by atoms with Gasteiger partial charge in [0.15, 0.2) is 0 Å². The topological polar surface area (TPSA) is 115 Å². The van der Waals surface area contributed by atoms with Crippen molar-refractivity contribution in [2.45, 2.75) is 24.9 Å². The summed E-state index contributed by atoms with van der Waals surface area (Å²) in [6, 6.07) is 20.9. The van der Waals surface area contributed by atoms with E-state index in [-0.39, 0.29) is 24.0 Å². The van der Waals surface area contributed by atoms with Gasteiger partial charge in [0.25, 0.3) is 5.69 Å². The van der Waals surface area contributed by atoms with Crippen LogP contribution in [-0.2, 0) is 22.4 Å². The number of para-hydroxylation sites is 2. The summed E-state index contributed by atoms with van der Waals surface area (Å²) in [6.07, 6.45) is 2.98. The van der Waals surface area contributed by atoms with E-state index in [4.69, 9.17) is 0 Å². The minimum Gasteiger partial charge on any atom is -0.361 e. The number of piperazine rings is 1. The number of hydrogen-bond acceptors (Lipinski definition) is 4. The van der Waals surface area contributed by atoms with Gasteiger partial charge >= 0.3 is 0 Å². The quantitative estimate of drug-likeness (QED) is 0.263. The molecule has 194 valence electrons. The maximum Gasteiger partial charge on any atom is 0.269 e. The van der Waals surface area contributed by atoms with Crippen molar-refractivity contribution in [3.8, 4) is 0 Å². The van der Waals surface area contributed by atoms with E-state index >= 15 is 0 Å². The van der Waals surface area contributed by atoms with Crippen LogP contribution in [0.4, 0.5) is 5.69 Å². The molecule has 2 aromatic heterocycles. The number of aromatic nitrogens is 2. The molecule has 0 aliphatic carbocycles. The van der Waals surface area contributed by atoms with Crippen LogP contribution in [0, 0.1) is 10.1 Å². The number of carbonyl (C=O) groups excluding carboxylic acids is 2. The smallest absolute Gasteiger partial charge is 0.269 e. The van der Waals surface area contributed by atoms with Crippen molar-refractivity contribution in [3.05, 3.63) is 111 Å². The first kappa shape index (κ1) is 23.2. The van der Waals surface area contributed by atoms with E-state index in [1.807, 2.05) is 48.7 Å². The first-order valence-corrected chi connectivity index (χ1v) is 13.0. The fourth-order valence-electron chi connectivity index (χ4n) is 6.26. The van der Waals surface area contributed by atoms with Crippen LogP contribution in [0.25, 0.3) is 21.8 Å². The molecule has 9 heteroatoms. The van der Waals surface area contributed by atoms with Crippen molar-refractivity contribution < 1.29 is 14.5 Å². The Bertz CT molecular complexity index is 1790. The highest BCUT2D eigenvalue weighted by atomic mass is 16.6. The van der Waals surface area contributed by atoms with Crippen molar-refractivity contribution in [2.24, 2.45) is 0 Å². The minimum absolute atomic E-state index is 0.0291. The van der Waals surface area contributed by atoms with Gasteiger partial charge in [-0.05, 0) is 35.2 Å². The number of nitrogens with zero attached hydrogens (tertiary/aromatic N) is 3. The molecule has 0 unspecified atom stereocenters. The van der Waals surface area contributed by atoms with E-state index in [0.29, 0.717) is 24.9 Å². The van der Waals surface area contributed by atoms with Crippen molar-refractivity contribution in [2.75, 3.05) is 13.1 Å². The van der Waals surface area contributed by atoms with Crippen LogP contribution in [0.3, 0.4) is 0 Å². The van der Waals surface area contributed by atoms with Crippen LogP contribution in [0.15, 0.2) is 79.0 Å². The Hall–Kier alpha value is -4.92. The fourth-order valence-corrected chi connectivity index (χ4v) is 6.26. The van der Waals surface area contributed by atoms with Crippen LogP contribution in [0.2, 0.25) is 0 Å². The summed E-state index contributed by atoms with van der Waals surface area (Å²) in [6.45, 7) is 0.400. The Morgan fingerprint density at radius 2 is 1.72 bits per heavy atom. The summed E-state index contributed by atoms with van der Waals surface area (Å²) in [5.41, 5.74) is 5.39. The maximum absolute atomic E-state index is 14.0. The Morgan fingerprint density at radius 3 is 2.54 bits per heavy atom. The lowest BCUT2D eigenvalue weighted by atomic mass is 9.86. The van der Waals surface area contributed by atoms with Gasteiger partial charge < -0.3 is 19.8 Å². The van der Waals surface area contributed by atoms with Crippen molar-refractivity contribution in [3.63, 3.8) is 0 Å². The molecule has 5 aromatic rings. The molecule has 0 spiro atoms. The number of benzene rings is 3. The average molecular weight is 520 g/mol. The molecule has 1 fully saturated rings. The Kier molecular flexibility index (Phi) is 5.26. The van der Waals surface area contributed by atoms with Gasteiger partial charge in [0.2, 0.25) is 11.8 Å². The standard InChI is InChI=1S/C30H25N5O4/c36-27-17-33(13-12-19-16-31-24-10-3-1-8-21(19)24)30(37)26-15-23-22-9-2-4-11-25(22)32-28(23)29(34(26)27)18-6-5-7-20(14-18)35(38)39/h1-11,14,16,26,29,31-32H,12-13,15,17H2/t26-,29-/m1/s1. The number of amides is 2. The molecule has 7 rings (SSSR count). The molecule has 2 atom stereocenters. The highest BCUT2D eigenvalue weighted by Crippen LogP contribution is 2.43. The molecule has 1 saturated heterocycles. The van der Waals surface area contributed by atoms with E-state index in [9.17, 15) is 19.7 Å². The predicted molar refractivity (Wildman–Crippen MR) is 146 cm³/mol. The second-order valence-electron chi connectivity index (χ2n) is 10.2. The first-order valence-electron chi connectivity index (χ1n) is 13.0. The number of nitro benzene ring substituents is 1. The molecule has 2 N–H and O–H groups in total. The van der Waals surface area contributed by atoms with E-state index in [1.165, 1.54) is 12.1 Å². The van der Waals surface area contributed by atoms with E-state index < -0.39 is 17.0 Å². The van der Waals surface area contributed by atoms with Crippen LogP contribution in [0.5, 0.6) is 0 Å². The summed E-state index contributed by atoms with van der Waals surface area (Å²) in [7, 11) is 0. The van der Waals surface area contributed by atoms with Gasteiger partial charge in [0.05, 0.1) is 17.5 Å². The molecule has 3 aromatic carbocycles. The SMILES string of the molecule is O=C1[C@H]2Cc3c([nH]c4ccccc34)[C@@H](c3cccc([N+](=O)[O-])c3)N2C(=O)CN1CCc1c[nH]c2ccccc12. The van der Waals surface area contributed by atoms with Gasteiger partial charge in [-0.15, -0.1) is 0 Å². The summed E-state index contributed by atoms with van der Waals surface area (Å²) in [5, 5.41) is 13.7. The lowest BCUT2D eigenvalue weighted by Crippen LogP contribution is -2.63. The van der Waals surface area contributed by atoms with Crippen LogP contribution in [0.1, 0.15) is 28.4 Å². The van der Waals surface area contributed by atoms with Gasteiger partial charge in [-0.25, -0.2) is 0 Å². The molecule has 4 heterocycles. The molecule has 0 saturated carbocycles. The number of H-pyrrole nitrogens is 2. The van der Waals surface area contributed by atoms with Gasteiger partial charge in [0, 0.05) is 58.8 Å². The van der Waals surface area contributed by atoms with E-state index in [2.05, 4.69) is 16.0 Å². The fraction of sp³-hybridized carbons (Fsp3) is 0.200. The minimum atomic E-state index is -0.690. The van der Waals surface area contributed by atoms with E-state index in [0.717, 1.165) is 38.6 Å². The number of non-ortho nitro benzene ring substituents is 1. The third-order valence-electron chi connectivity index (χ3n) is 8.07. The molecule has 0 bridgehead atoms. The number of aromatic amines is 2. The molecule has 2 aliphatic rings. The third kappa shape index (κ3) is 3.69. The first-order chi connectivity index (χ1) is 19.0. The molecule has 39 heavy (non-hydrogen) atoms. The molecule has 0 radical (unpaired) electrons. The monoisotopic (exact) mass is 519 g/mol. The lowest BCUT2D eigenvalue weighted by molar-refractivity contribution is -0.384. The Labute approximate surface area is 223 Å². The summed E-state index contributed by atoms with van der Waals surface area (Å²) in [5.74, 6) is -0.264. The number of fused-ring (bicyclic) bond motifs is 5. The van der Waals surface area contributed by atoms with E-state index in [1.54, 1.807) is 21.9 Å². The molecule has 9 nitrogen and oxygen atoms in total. The zero-order chi connectivity index (χ0) is 26.7. The van der Waals surface area contributed by atoms with Crippen molar-refractivity contribution in [1.82, 2.24) is 19.8 Å². The average Bonchev–Trinajstić information content (AvgIpc) is 3.54. The van der Waals surface area contributed by atoms with Gasteiger partial charge in [0.1, 0.15) is 6.04 Å². The molecular weight excluding hydrogens is 494 g/mol. The van der Waals surface area contributed by atoms with Crippen LogP contribution < -0.4 is 0 Å².